The Morgan fingerprint density at radius 2 is 1.79 bits per heavy atom. The number of carbonyl (C=O) groups is 2. The molecule has 3 aromatic rings. The van der Waals surface area contributed by atoms with Gasteiger partial charge in [-0.25, -0.2) is 0 Å². The number of rotatable bonds is 6. The van der Waals surface area contributed by atoms with E-state index in [0.717, 1.165) is 29.5 Å². The zero-order chi connectivity index (χ0) is 23.9. The van der Waals surface area contributed by atoms with Crippen LogP contribution in [0, 0.1) is 0 Å². The fraction of sp³-hybridized carbons (Fsp3) is 0.259. The molecule has 176 valence electrons. The van der Waals surface area contributed by atoms with Gasteiger partial charge in [-0.15, -0.1) is 0 Å². The standard InChI is InChI=1S/C27H26N2O5.H2/c1-29(2)25(30)18-6-4-5-17(13-18)21-15-20(8-10-22(21)32-3)28-26(31)27(11-12-27)19-7-9-23-24(14-19)34-16-33-23;/h4-10,13-15H,11-12,16H2,1-3H3,(H,28,31);1H. The van der Waals surface area contributed by atoms with Gasteiger partial charge in [0.1, 0.15) is 5.75 Å². The predicted octanol–water partition coefficient (Wildman–Crippen LogP) is 4.71. The molecule has 7 nitrogen and oxygen atoms in total. The second-order valence-electron chi connectivity index (χ2n) is 8.80. The minimum atomic E-state index is -0.570. The van der Waals surface area contributed by atoms with Crippen molar-refractivity contribution >= 4 is 17.5 Å². The summed E-state index contributed by atoms with van der Waals surface area (Å²) >= 11 is 0. The summed E-state index contributed by atoms with van der Waals surface area (Å²) in [6, 6.07) is 18.6. The van der Waals surface area contributed by atoms with E-state index in [1.54, 1.807) is 27.3 Å². The number of carbonyl (C=O) groups excluding carboxylic acids is 2. The molecule has 7 heteroatoms. The summed E-state index contributed by atoms with van der Waals surface area (Å²) in [6.07, 6.45) is 1.55. The zero-order valence-corrected chi connectivity index (χ0v) is 19.4. The predicted molar refractivity (Wildman–Crippen MR) is 131 cm³/mol. The van der Waals surface area contributed by atoms with Gasteiger partial charge in [0.25, 0.3) is 5.91 Å². The molecule has 1 heterocycles. The number of nitrogens with zero attached hydrogens (tertiary/aromatic N) is 1. The highest BCUT2D eigenvalue weighted by molar-refractivity contribution is 6.02. The van der Waals surface area contributed by atoms with Crippen molar-refractivity contribution in [2.45, 2.75) is 18.3 Å². The highest BCUT2D eigenvalue weighted by Crippen LogP contribution is 2.51. The molecule has 34 heavy (non-hydrogen) atoms. The van der Waals surface area contributed by atoms with Gasteiger partial charge < -0.3 is 24.4 Å². The second kappa shape index (κ2) is 8.41. The van der Waals surface area contributed by atoms with Crippen LogP contribution in [-0.2, 0) is 10.2 Å². The highest BCUT2D eigenvalue weighted by atomic mass is 16.7. The first-order valence-electron chi connectivity index (χ1n) is 11.1. The number of nitrogens with one attached hydrogen (secondary N) is 1. The molecule has 0 atom stereocenters. The van der Waals surface area contributed by atoms with E-state index in [1.165, 1.54) is 4.90 Å². The Bertz CT molecular complexity index is 1290. The third kappa shape index (κ3) is 3.83. The van der Waals surface area contributed by atoms with Crippen LogP contribution in [-0.4, -0.2) is 44.7 Å². The molecule has 0 unspecified atom stereocenters. The topological polar surface area (TPSA) is 77.1 Å². The van der Waals surface area contributed by atoms with E-state index in [-0.39, 0.29) is 20.0 Å². The van der Waals surface area contributed by atoms with Crippen molar-refractivity contribution in [3.63, 3.8) is 0 Å². The van der Waals surface area contributed by atoms with E-state index < -0.39 is 5.41 Å². The van der Waals surface area contributed by atoms with E-state index in [4.69, 9.17) is 14.2 Å². The fourth-order valence-corrected chi connectivity index (χ4v) is 4.31. The van der Waals surface area contributed by atoms with Crippen molar-refractivity contribution in [3.05, 3.63) is 71.8 Å². The van der Waals surface area contributed by atoms with Crippen LogP contribution in [0.5, 0.6) is 17.2 Å². The largest absolute Gasteiger partial charge is 0.496 e. The van der Waals surface area contributed by atoms with Crippen LogP contribution >= 0.6 is 0 Å². The number of hydrogen-bond donors (Lipinski definition) is 1. The molecular formula is C27H28N2O5. The number of ether oxygens (including phenoxy) is 3. The van der Waals surface area contributed by atoms with Crippen LogP contribution in [0.3, 0.4) is 0 Å². The van der Waals surface area contributed by atoms with Crippen molar-refractivity contribution in [2.75, 3.05) is 33.3 Å². The molecule has 0 spiro atoms. The van der Waals surface area contributed by atoms with Crippen molar-refractivity contribution in [3.8, 4) is 28.4 Å². The van der Waals surface area contributed by atoms with Crippen LogP contribution < -0.4 is 19.5 Å². The number of fused-ring (bicyclic) bond motifs is 1. The van der Waals surface area contributed by atoms with E-state index in [9.17, 15) is 9.59 Å². The van der Waals surface area contributed by atoms with E-state index >= 15 is 0 Å². The van der Waals surface area contributed by atoms with Crippen molar-refractivity contribution < 1.29 is 25.2 Å². The Labute approximate surface area is 199 Å². The maximum Gasteiger partial charge on any atom is 0.253 e. The number of amides is 2. The number of anilines is 1. The van der Waals surface area contributed by atoms with Crippen LogP contribution in [0.15, 0.2) is 60.7 Å². The Kier molecular flexibility index (Phi) is 5.40. The zero-order valence-electron chi connectivity index (χ0n) is 19.4. The highest BCUT2D eigenvalue weighted by Gasteiger charge is 2.51. The molecule has 3 aromatic carbocycles. The molecule has 0 saturated heterocycles. The smallest absolute Gasteiger partial charge is 0.253 e. The summed E-state index contributed by atoms with van der Waals surface area (Å²) in [7, 11) is 5.05. The van der Waals surface area contributed by atoms with Gasteiger partial charge in [0.15, 0.2) is 11.5 Å². The lowest BCUT2D eigenvalue weighted by Crippen LogP contribution is -2.27. The van der Waals surface area contributed by atoms with Crippen LogP contribution in [0.4, 0.5) is 5.69 Å². The Morgan fingerprint density at radius 1 is 1.00 bits per heavy atom. The van der Waals surface area contributed by atoms with Gasteiger partial charge in [0.05, 0.1) is 12.5 Å². The first-order valence-corrected chi connectivity index (χ1v) is 11.1. The SMILES string of the molecule is COc1ccc(NC(=O)C2(c3ccc4c(c3)OCO4)CC2)cc1-c1cccc(C(=O)N(C)C)c1.[HH]. The third-order valence-electron chi connectivity index (χ3n) is 6.39. The summed E-state index contributed by atoms with van der Waals surface area (Å²) in [5, 5.41) is 3.09. The molecule has 1 saturated carbocycles. The van der Waals surface area contributed by atoms with Crippen molar-refractivity contribution in [2.24, 2.45) is 0 Å². The molecule has 0 aromatic heterocycles. The lowest BCUT2D eigenvalue weighted by atomic mass is 9.94. The normalized spacial score (nSPS) is 14.9. The molecule has 0 radical (unpaired) electrons. The van der Waals surface area contributed by atoms with Crippen LogP contribution in [0.1, 0.15) is 30.2 Å². The Hall–Kier alpha value is -4.00. The maximum atomic E-state index is 13.4. The lowest BCUT2D eigenvalue weighted by Gasteiger charge is -2.18. The van der Waals surface area contributed by atoms with E-state index in [1.807, 2.05) is 54.6 Å². The number of benzene rings is 3. The Morgan fingerprint density at radius 3 is 2.53 bits per heavy atom. The number of hydrogen-bond acceptors (Lipinski definition) is 5. The first kappa shape index (κ1) is 21.8. The van der Waals surface area contributed by atoms with Gasteiger partial charge in [-0.3, -0.25) is 9.59 Å². The van der Waals surface area contributed by atoms with Gasteiger partial charge in [-0.2, -0.15) is 0 Å². The molecule has 2 amide bonds. The minimum Gasteiger partial charge on any atom is -0.496 e. The average molecular weight is 461 g/mol. The molecule has 1 aliphatic heterocycles. The van der Waals surface area contributed by atoms with Gasteiger partial charge in [-0.1, -0.05) is 18.2 Å². The van der Waals surface area contributed by atoms with Crippen molar-refractivity contribution in [1.29, 1.82) is 0 Å². The summed E-state index contributed by atoms with van der Waals surface area (Å²) in [4.78, 5) is 27.3. The quantitative estimate of drug-likeness (QED) is 0.577. The maximum absolute atomic E-state index is 13.4. The molecule has 1 aliphatic carbocycles. The first-order chi connectivity index (χ1) is 16.4. The fourth-order valence-electron chi connectivity index (χ4n) is 4.31. The average Bonchev–Trinajstić information content (AvgIpc) is 3.54. The summed E-state index contributed by atoms with van der Waals surface area (Å²) < 4.78 is 16.5. The molecule has 1 N–H and O–H groups in total. The number of methoxy groups -OCH3 is 1. The molecular weight excluding hydrogens is 432 g/mol. The van der Waals surface area contributed by atoms with Crippen LogP contribution in [0.25, 0.3) is 11.1 Å². The van der Waals surface area contributed by atoms with Gasteiger partial charge in [0, 0.05) is 32.3 Å². The molecule has 5 rings (SSSR count). The minimum absolute atomic E-state index is 0. The van der Waals surface area contributed by atoms with Gasteiger partial charge in [-0.05, 0) is 66.4 Å². The lowest BCUT2D eigenvalue weighted by molar-refractivity contribution is -0.118. The van der Waals surface area contributed by atoms with Crippen molar-refractivity contribution in [1.82, 2.24) is 4.90 Å². The second-order valence-corrected chi connectivity index (χ2v) is 8.80. The Balaban J connectivity index is 0.00000289. The summed E-state index contributed by atoms with van der Waals surface area (Å²) in [5.74, 6) is 1.90. The summed E-state index contributed by atoms with van der Waals surface area (Å²) in [5.41, 5.74) is 3.23. The van der Waals surface area contributed by atoms with E-state index in [0.29, 0.717) is 28.5 Å². The van der Waals surface area contributed by atoms with E-state index in [2.05, 4.69) is 5.32 Å². The molecule has 2 aliphatic rings. The molecule has 0 bridgehead atoms. The van der Waals surface area contributed by atoms with Gasteiger partial charge in [0.2, 0.25) is 12.7 Å². The van der Waals surface area contributed by atoms with Gasteiger partial charge >= 0.3 is 0 Å². The van der Waals surface area contributed by atoms with Crippen LogP contribution in [0.2, 0.25) is 0 Å². The third-order valence-corrected chi connectivity index (χ3v) is 6.39. The summed E-state index contributed by atoms with van der Waals surface area (Å²) in [6.45, 7) is 0.202. The molecule has 1 fully saturated rings. The monoisotopic (exact) mass is 460 g/mol.